The van der Waals surface area contributed by atoms with E-state index in [1.807, 2.05) is 0 Å². The summed E-state index contributed by atoms with van der Waals surface area (Å²) in [5, 5.41) is 2.81. The van der Waals surface area contributed by atoms with E-state index >= 15 is 0 Å². The molecule has 1 heterocycles. The molecule has 1 aliphatic heterocycles. The van der Waals surface area contributed by atoms with Gasteiger partial charge in [-0.05, 0) is 55.3 Å². The summed E-state index contributed by atoms with van der Waals surface area (Å²) in [6.45, 7) is 0.804. The molecule has 1 N–H and O–H groups in total. The molecule has 0 aliphatic carbocycles. The van der Waals surface area contributed by atoms with Gasteiger partial charge in [-0.15, -0.1) is 0 Å². The number of nitrogens with one attached hydrogen (secondary N) is 1. The molecule has 0 bridgehead atoms. The van der Waals surface area contributed by atoms with E-state index in [2.05, 4.69) is 5.32 Å². The van der Waals surface area contributed by atoms with E-state index in [0.717, 1.165) is 6.07 Å². The maximum absolute atomic E-state index is 13.1. The van der Waals surface area contributed by atoms with Crippen LogP contribution in [-0.4, -0.2) is 29.8 Å². The summed E-state index contributed by atoms with van der Waals surface area (Å²) in [6.07, 6.45) is 1.32. The molecule has 2 aromatic rings. The molecular weight excluding hydrogens is 362 g/mol. The van der Waals surface area contributed by atoms with Crippen LogP contribution in [0.3, 0.4) is 0 Å². The first-order valence-electron chi connectivity index (χ1n) is 8.25. The van der Waals surface area contributed by atoms with Crippen molar-refractivity contribution < 1.29 is 18.4 Å². The maximum atomic E-state index is 13.1. The second kappa shape index (κ2) is 7.83. The molecule has 0 saturated carbocycles. The molecule has 1 saturated heterocycles. The van der Waals surface area contributed by atoms with Crippen molar-refractivity contribution in [1.82, 2.24) is 4.90 Å². The van der Waals surface area contributed by atoms with Gasteiger partial charge in [0.15, 0.2) is 0 Å². The fourth-order valence-corrected chi connectivity index (χ4v) is 3.19. The summed E-state index contributed by atoms with van der Waals surface area (Å²) in [4.78, 5) is 26.6. The lowest BCUT2D eigenvalue weighted by molar-refractivity contribution is -0.121. The van der Waals surface area contributed by atoms with E-state index in [-0.39, 0.29) is 23.4 Å². The number of benzene rings is 2. The van der Waals surface area contributed by atoms with Crippen LogP contribution in [0.1, 0.15) is 23.2 Å². The lowest BCUT2D eigenvalue weighted by Gasteiger charge is -2.32. The predicted molar refractivity (Wildman–Crippen MR) is 95.1 cm³/mol. The maximum Gasteiger partial charge on any atom is 0.253 e. The molecule has 0 aromatic heterocycles. The van der Waals surface area contributed by atoms with E-state index < -0.39 is 17.6 Å². The number of nitrogens with zero attached hydrogens (tertiary/aromatic N) is 1. The molecule has 7 heteroatoms. The summed E-state index contributed by atoms with van der Waals surface area (Å²) in [5.74, 6) is -1.79. The summed E-state index contributed by atoms with van der Waals surface area (Å²) in [6, 6.07) is 9.07. The zero-order chi connectivity index (χ0) is 18.7. The molecule has 3 rings (SSSR count). The largest absolute Gasteiger partial charge is 0.338 e. The van der Waals surface area contributed by atoms with Gasteiger partial charge in [-0.25, -0.2) is 8.78 Å². The Morgan fingerprint density at radius 3 is 2.46 bits per heavy atom. The molecule has 136 valence electrons. The number of rotatable bonds is 3. The standard InChI is InChI=1S/C19H17ClF2N2O2/c20-16-10-15(22)7-8-17(16)23-18(25)13-2-1-9-24(11-13)19(26)12-3-5-14(21)6-4-12/h3-8,10,13H,1-2,9,11H2,(H,23,25). The van der Waals surface area contributed by atoms with Crippen LogP contribution < -0.4 is 5.32 Å². The van der Waals surface area contributed by atoms with Gasteiger partial charge in [-0.2, -0.15) is 0 Å². The zero-order valence-corrected chi connectivity index (χ0v) is 14.6. The van der Waals surface area contributed by atoms with Crippen molar-refractivity contribution in [3.05, 3.63) is 64.7 Å². The SMILES string of the molecule is O=C(Nc1ccc(F)cc1Cl)C1CCCN(C(=O)c2ccc(F)cc2)C1. The first kappa shape index (κ1) is 18.3. The van der Waals surface area contributed by atoms with E-state index in [9.17, 15) is 18.4 Å². The van der Waals surface area contributed by atoms with E-state index in [1.54, 1.807) is 4.90 Å². The molecule has 26 heavy (non-hydrogen) atoms. The topological polar surface area (TPSA) is 49.4 Å². The molecule has 0 spiro atoms. The van der Waals surface area contributed by atoms with Crippen LogP contribution in [0, 0.1) is 17.6 Å². The number of piperidine rings is 1. The first-order chi connectivity index (χ1) is 12.4. The quantitative estimate of drug-likeness (QED) is 0.873. The fraction of sp³-hybridized carbons (Fsp3) is 0.263. The molecule has 1 atom stereocenters. The van der Waals surface area contributed by atoms with Gasteiger partial charge in [0, 0.05) is 18.7 Å². The molecule has 1 aliphatic rings. The van der Waals surface area contributed by atoms with Crippen LogP contribution in [0.25, 0.3) is 0 Å². The third-order valence-corrected chi connectivity index (χ3v) is 4.67. The minimum atomic E-state index is -0.485. The molecule has 2 aromatic carbocycles. The van der Waals surface area contributed by atoms with Crippen molar-refractivity contribution in [1.29, 1.82) is 0 Å². The number of amides is 2. The summed E-state index contributed by atoms with van der Waals surface area (Å²) in [5.41, 5.74) is 0.717. The number of hydrogen-bond donors (Lipinski definition) is 1. The van der Waals surface area contributed by atoms with E-state index in [1.165, 1.54) is 36.4 Å². The van der Waals surface area contributed by atoms with Crippen LogP contribution in [-0.2, 0) is 4.79 Å². The van der Waals surface area contributed by atoms with Crippen molar-refractivity contribution >= 4 is 29.1 Å². The predicted octanol–water partition coefficient (Wildman–Crippen LogP) is 4.11. The van der Waals surface area contributed by atoms with Crippen LogP contribution in [0.2, 0.25) is 5.02 Å². The van der Waals surface area contributed by atoms with Crippen LogP contribution in [0.4, 0.5) is 14.5 Å². The highest BCUT2D eigenvalue weighted by atomic mass is 35.5. The second-order valence-corrected chi connectivity index (χ2v) is 6.62. The van der Waals surface area contributed by atoms with Crippen molar-refractivity contribution in [2.24, 2.45) is 5.92 Å². The van der Waals surface area contributed by atoms with Crippen molar-refractivity contribution in [2.45, 2.75) is 12.8 Å². The average Bonchev–Trinajstić information content (AvgIpc) is 2.64. The van der Waals surface area contributed by atoms with Crippen molar-refractivity contribution in [2.75, 3.05) is 18.4 Å². The Bertz CT molecular complexity index is 827. The molecule has 1 unspecified atom stereocenters. The lowest BCUT2D eigenvalue weighted by Crippen LogP contribution is -2.43. The normalized spacial score (nSPS) is 17.0. The number of likely N-dealkylation sites (tertiary alicyclic amines) is 1. The minimum absolute atomic E-state index is 0.119. The Labute approximate surface area is 154 Å². The summed E-state index contributed by atoms with van der Waals surface area (Å²) < 4.78 is 26.1. The number of halogens is 3. The molecular formula is C19H17ClF2N2O2. The average molecular weight is 379 g/mol. The Balaban J connectivity index is 1.66. The van der Waals surface area contributed by atoms with Gasteiger partial charge in [0.1, 0.15) is 11.6 Å². The third kappa shape index (κ3) is 4.19. The summed E-state index contributed by atoms with van der Waals surface area (Å²) in [7, 11) is 0. The highest BCUT2D eigenvalue weighted by molar-refractivity contribution is 6.33. The number of hydrogen-bond acceptors (Lipinski definition) is 2. The van der Waals surface area contributed by atoms with Gasteiger partial charge in [-0.3, -0.25) is 9.59 Å². The van der Waals surface area contributed by atoms with Crippen molar-refractivity contribution in [3.8, 4) is 0 Å². The van der Waals surface area contributed by atoms with Crippen LogP contribution >= 0.6 is 11.6 Å². The molecule has 4 nitrogen and oxygen atoms in total. The zero-order valence-electron chi connectivity index (χ0n) is 13.8. The highest BCUT2D eigenvalue weighted by Gasteiger charge is 2.29. The minimum Gasteiger partial charge on any atom is -0.338 e. The van der Waals surface area contributed by atoms with Gasteiger partial charge in [0.25, 0.3) is 5.91 Å². The third-order valence-electron chi connectivity index (χ3n) is 4.36. The molecule has 1 fully saturated rings. The second-order valence-electron chi connectivity index (χ2n) is 6.21. The van der Waals surface area contributed by atoms with Crippen molar-refractivity contribution in [3.63, 3.8) is 0 Å². The lowest BCUT2D eigenvalue weighted by atomic mass is 9.96. The Kier molecular flexibility index (Phi) is 5.52. The van der Waals surface area contributed by atoms with Crippen LogP contribution in [0.15, 0.2) is 42.5 Å². The molecule has 2 amide bonds. The Morgan fingerprint density at radius 1 is 1.08 bits per heavy atom. The van der Waals surface area contributed by atoms with E-state index in [4.69, 9.17) is 11.6 Å². The van der Waals surface area contributed by atoms with Gasteiger partial charge in [0.05, 0.1) is 16.6 Å². The molecule has 0 radical (unpaired) electrons. The van der Waals surface area contributed by atoms with Crippen LogP contribution in [0.5, 0.6) is 0 Å². The van der Waals surface area contributed by atoms with Gasteiger partial charge >= 0.3 is 0 Å². The number of anilines is 1. The fourth-order valence-electron chi connectivity index (χ4n) is 2.98. The smallest absolute Gasteiger partial charge is 0.253 e. The number of carbonyl (C=O) groups is 2. The first-order valence-corrected chi connectivity index (χ1v) is 8.62. The van der Waals surface area contributed by atoms with Gasteiger partial charge < -0.3 is 10.2 Å². The summed E-state index contributed by atoms with van der Waals surface area (Å²) >= 11 is 5.93. The number of carbonyl (C=O) groups excluding carboxylic acids is 2. The van der Waals surface area contributed by atoms with Gasteiger partial charge in [-0.1, -0.05) is 11.6 Å². The monoisotopic (exact) mass is 378 g/mol. The van der Waals surface area contributed by atoms with E-state index in [0.29, 0.717) is 30.6 Å². The Hall–Kier alpha value is -2.47. The van der Waals surface area contributed by atoms with Gasteiger partial charge in [0.2, 0.25) is 5.91 Å². The highest BCUT2D eigenvalue weighted by Crippen LogP contribution is 2.25. The Morgan fingerprint density at radius 2 is 1.77 bits per heavy atom.